The zero-order chi connectivity index (χ0) is 19.0. The van der Waals surface area contributed by atoms with Gasteiger partial charge in [-0.25, -0.2) is 4.79 Å². The molecule has 0 aliphatic carbocycles. The molecule has 0 radical (unpaired) electrons. The smallest absolute Gasteiger partial charge is 0.339 e. The van der Waals surface area contributed by atoms with E-state index in [0.29, 0.717) is 48.6 Å². The SMILES string of the molecule is COc1cccc(OC)c1C(=O)N1CCC2(CC1)OC(=O)c1ccccc12. The summed E-state index contributed by atoms with van der Waals surface area (Å²) in [5, 5.41) is 0. The average molecular weight is 367 g/mol. The Hall–Kier alpha value is -3.02. The fourth-order valence-corrected chi connectivity index (χ4v) is 4.01. The summed E-state index contributed by atoms with van der Waals surface area (Å²) in [7, 11) is 3.07. The van der Waals surface area contributed by atoms with Gasteiger partial charge in [0.05, 0.1) is 19.8 Å². The van der Waals surface area contributed by atoms with Crippen molar-refractivity contribution in [3.8, 4) is 11.5 Å². The standard InChI is InChI=1S/C21H21NO5/c1-25-16-8-5-9-17(26-2)18(16)19(23)22-12-10-21(11-13-22)15-7-4-3-6-14(15)20(24)27-21/h3-9H,10-13H2,1-2H3. The molecular formula is C21H21NO5. The Morgan fingerprint density at radius 1 is 1.00 bits per heavy atom. The number of carbonyl (C=O) groups is 2. The van der Waals surface area contributed by atoms with E-state index in [4.69, 9.17) is 14.2 Å². The molecule has 1 fully saturated rings. The highest BCUT2D eigenvalue weighted by Crippen LogP contribution is 2.44. The van der Waals surface area contributed by atoms with Crippen molar-refractivity contribution >= 4 is 11.9 Å². The molecule has 6 nitrogen and oxygen atoms in total. The van der Waals surface area contributed by atoms with Crippen LogP contribution in [0.4, 0.5) is 0 Å². The van der Waals surface area contributed by atoms with Gasteiger partial charge >= 0.3 is 5.97 Å². The van der Waals surface area contributed by atoms with Gasteiger partial charge in [-0.15, -0.1) is 0 Å². The van der Waals surface area contributed by atoms with Gasteiger partial charge in [-0.05, 0) is 18.2 Å². The van der Waals surface area contributed by atoms with E-state index in [-0.39, 0.29) is 11.9 Å². The highest BCUT2D eigenvalue weighted by Gasteiger charge is 2.47. The van der Waals surface area contributed by atoms with Crippen LogP contribution in [-0.4, -0.2) is 44.1 Å². The number of hydrogen-bond acceptors (Lipinski definition) is 5. The number of ether oxygens (including phenoxy) is 3. The molecule has 2 aromatic carbocycles. The van der Waals surface area contributed by atoms with Gasteiger partial charge in [0, 0.05) is 31.5 Å². The molecule has 0 saturated carbocycles. The lowest BCUT2D eigenvalue weighted by Gasteiger charge is -2.38. The Bertz CT molecular complexity index is 877. The van der Waals surface area contributed by atoms with Crippen LogP contribution in [0.25, 0.3) is 0 Å². The second-order valence-electron chi connectivity index (χ2n) is 6.76. The number of amides is 1. The lowest BCUT2D eigenvalue weighted by atomic mass is 9.83. The van der Waals surface area contributed by atoms with Crippen molar-refractivity contribution in [1.29, 1.82) is 0 Å². The first kappa shape index (κ1) is 17.4. The molecule has 0 bridgehead atoms. The maximum Gasteiger partial charge on any atom is 0.339 e. The lowest BCUT2D eigenvalue weighted by molar-refractivity contribution is -0.0390. The minimum Gasteiger partial charge on any atom is -0.496 e. The number of nitrogens with zero attached hydrogens (tertiary/aromatic N) is 1. The molecule has 27 heavy (non-hydrogen) atoms. The molecule has 0 N–H and O–H groups in total. The summed E-state index contributed by atoms with van der Waals surface area (Å²) in [5.74, 6) is 0.545. The van der Waals surface area contributed by atoms with Crippen LogP contribution in [0.2, 0.25) is 0 Å². The third-order valence-corrected chi connectivity index (χ3v) is 5.43. The molecule has 2 aliphatic rings. The van der Waals surface area contributed by atoms with E-state index in [9.17, 15) is 9.59 Å². The number of rotatable bonds is 3. The predicted molar refractivity (Wildman–Crippen MR) is 98.2 cm³/mol. The fraction of sp³-hybridized carbons (Fsp3) is 0.333. The van der Waals surface area contributed by atoms with Crippen LogP contribution >= 0.6 is 0 Å². The molecule has 0 aromatic heterocycles. The number of methoxy groups -OCH3 is 2. The largest absolute Gasteiger partial charge is 0.496 e. The number of carbonyl (C=O) groups excluding carboxylic acids is 2. The number of esters is 1. The van der Waals surface area contributed by atoms with Gasteiger partial charge in [0.1, 0.15) is 22.7 Å². The van der Waals surface area contributed by atoms with Gasteiger partial charge in [0.15, 0.2) is 0 Å². The van der Waals surface area contributed by atoms with Crippen LogP contribution in [0.15, 0.2) is 42.5 Å². The Labute approximate surface area is 157 Å². The maximum atomic E-state index is 13.1. The van der Waals surface area contributed by atoms with E-state index in [1.54, 1.807) is 29.2 Å². The summed E-state index contributed by atoms with van der Waals surface area (Å²) < 4.78 is 16.5. The highest BCUT2D eigenvalue weighted by molar-refractivity contribution is 6.00. The topological polar surface area (TPSA) is 65.1 Å². The van der Waals surface area contributed by atoms with E-state index >= 15 is 0 Å². The molecule has 0 atom stereocenters. The molecule has 6 heteroatoms. The summed E-state index contributed by atoms with van der Waals surface area (Å²) >= 11 is 0. The summed E-state index contributed by atoms with van der Waals surface area (Å²) in [5.41, 5.74) is 1.35. The van der Waals surface area contributed by atoms with E-state index in [0.717, 1.165) is 5.56 Å². The van der Waals surface area contributed by atoms with Crippen molar-refractivity contribution in [2.24, 2.45) is 0 Å². The zero-order valence-electron chi connectivity index (χ0n) is 15.4. The van der Waals surface area contributed by atoms with E-state index < -0.39 is 5.60 Å². The van der Waals surface area contributed by atoms with Gasteiger partial charge in [-0.2, -0.15) is 0 Å². The molecule has 2 heterocycles. The molecule has 2 aromatic rings. The van der Waals surface area contributed by atoms with Crippen LogP contribution in [-0.2, 0) is 10.3 Å². The Morgan fingerprint density at radius 3 is 2.26 bits per heavy atom. The lowest BCUT2D eigenvalue weighted by Crippen LogP contribution is -2.45. The van der Waals surface area contributed by atoms with Crippen LogP contribution in [0.5, 0.6) is 11.5 Å². The Morgan fingerprint density at radius 2 is 1.63 bits per heavy atom. The van der Waals surface area contributed by atoms with Crippen molar-refractivity contribution in [2.75, 3.05) is 27.3 Å². The third kappa shape index (κ3) is 2.72. The molecule has 1 amide bonds. The van der Waals surface area contributed by atoms with Crippen molar-refractivity contribution in [2.45, 2.75) is 18.4 Å². The van der Waals surface area contributed by atoms with Crippen molar-refractivity contribution in [1.82, 2.24) is 4.90 Å². The van der Waals surface area contributed by atoms with Crippen molar-refractivity contribution in [3.63, 3.8) is 0 Å². The predicted octanol–water partition coefficient (Wildman–Crippen LogP) is 3.01. The number of fused-ring (bicyclic) bond motifs is 2. The first-order chi connectivity index (χ1) is 13.1. The minimum absolute atomic E-state index is 0.142. The first-order valence-electron chi connectivity index (χ1n) is 8.93. The molecule has 140 valence electrons. The van der Waals surface area contributed by atoms with Gasteiger partial charge < -0.3 is 19.1 Å². The Kier molecular flexibility index (Phi) is 4.26. The summed E-state index contributed by atoms with van der Waals surface area (Å²) in [6, 6.07) is 12.8. The fourth-order valence-electron chi connectivity index (χ4n) is 4.01. The third-order valence-electron chi connectivity index (χ3n) is 5.43. The van der Waals surface area contributed by atoms with Crippen LogP contribution in [0, 0.1) is 0 Å². The van der Waals surface area contributed by atoms with Crippen LogP contribution < -0.4 is 9.47 Å². The number of likely N-dealkylation sites (tertiary alicyclic amines) is 1. The molecular weight excluding hydrogens is 346 g/mol. The molecule has 0 unspecified atom stereocenters. The van der Waals surface area contributed by atoms with Gasteiger partial charge in [0.2, 0.25) is 0 Å². The summed E-state index contributed by atoms with van der Waals surface area (Å²) in [6.45, 7) is 0.975. The molecule has 4 rings (SSSR count). The number of hydrogen-bond donors (Lipinski definition) is 0. The van der Waals surface area contributed by atoms with Crippen LogP contribution in [0.1, 0.15) is 39.1 Å². The zero-order valence-corrected chi connectivity index (χ0v) is 15.4. The normalized spacial score (nSPS) is 17.4. The highest BCUT2D eigenvalue weighted by atomic mass is 16.6. The second kappa shape index (κ2) is 6.61. The number of benzene rings is 2. The molecule has 2 aliphatic heterocycles. The molecule has 1 saturated heterocycles. The maximum absolute atomic E-state index is 13.1. The minimum atomic E-state index is -0.630. The van der Waals surface area contributed by atoms with Crippen LogP contribution in [0.3, 0.4) is 0 Å². The Balaban J connectivity index is 1.58. The number of piperidine rings is 1. The van der Waals surface area contributed by atoms with Gasteiger partial charge in [0.25, 0.3) is 5.91 Å². The monoisotopic (exact) mass is 367 g/mol. The summed E-state index contributed by atoms with van der Waals surface area (Å²) in [4.78, 5) is 27.1. The molecule has 1 spiro atoms. The van der Waals surface area contributed by atoms with E-state index in [1.165, 1.54) is 14.2 Å². The van der Waals surface area contributed by atoms with E-state index in [1.807, 2.05) is 18.2 Å². The average Bonchev–Trinajstić information content (AvgIpc) is 2.99. The quantitative estimate of drug-likeness (QED) is 0.781. The van der Waals surface area contributed by atoms with Crippen molar-refractivity contribution in [3.05, 3.63) is 59.2 Å². The second-order valence-corrected chi connectivity index (χ2v) is 6.76. The van der Waals surface area contributed by atoms with E-state index in [2.05, 4.69) is 0 Å². The first-order valence-corrected chi connectivity index (χ1v) is 8.93. The van der Waals surface area contributed by atoms with Crippen molar-refractivity contribution < 1.29 is 23.8 Å². The summed E-state index contributed by atoms with van der Waals surface area (Å²) in [6.07, 6.45) is 1.14. The van der Waals surface area contributed by atoms with Gasteiger partial charge in [-0.3, -0.25) is 4.79 Å². The van der Waals surface area contributed by atoms with Gasteiger partial charge in [-0.1, -0.05) is 24.3 Å².